The molecule has 1 aromatic carbocycles. The summed E-state index contributed by atoms with van der Waals surface area (Å²) < 4.78 is 1.89. The highest BCUT2D eigenvalue weighted by molar-refractivity contribution is 7.80. The van der Waals surface area contributed by atoms with Crippen molar-refractivity contribution in [2.75, 3.05) is 11.4 Å². The summed E-state index contributed by atoms with van der Waals surface area (Å²) in [6.45, 7) is 5.05. The maximum Gasteiger partial charge on any atom is 0.141 e. The highest BCUT2D eigenvalue weighted by Crippen LogP contribution is 2.36. The predicted octanol–water partition coefficient (Wildman–Crippen LogP) is 2.76. The average molecular weight is 300 g/mol. The molecular formula is C16H20N4S. The Labute approximate surface area is 130 Å². The number of hydrogen-bond donors (Lipinski definition) is 1. The van der Waals surface area contributed by atoms with E-state index >= 15 is 0 Å². The van der Waals surface area contributed by atoms with Crippen molar-refractivity contribution < 1.29 is 0 Å². The Kier molecular flexibility index (Phi) is 3.45. The van der Waals surface area contributed by atoms with Gasteiger partial charge in [-0.1, -0.05) is 29.9 Å². The van der Waals surface area contributed by atoms with E-state index in [2.05, 4.69) is 35.1 Å². The van der Waals surface area contributed by atoms with Crippen LogP contribution in [-0.4, -0.2) is 21.3 Å². The molecule has 0 saturated carbocycles. The number of hydrogen-bond acceptors (Lipinski definition) is 3. The molecule has 0 aliphatic carbocycles. The minimum absolute atomic E-state index is 0.412. The van der Waals surface area contributed by atoms with E-state index in [0.29, 0.717) is 4.99 Å². The molecule has 1 aromatic heterocycles. The number of aromatic nitrogens is 2. The normalized spacial score (nSPS) is 14.1. The van der Waals surface area contributed by atoms with Gasteiger partial charge < -0.3 is 10.6 Å². The standard InChI is InChI=1S/C16H20N4S/c1-10-6-7-13-12(9-10)5-4-8-20(13)16-14(15(17)21)11(2)18-19(16)3/h6-7,9H,4-5,8H2,1-3H3,(H2,17,21). The van der Waals surface area contributed by atoms with E-state index in [1.165, 1.54) is 16.8 Å². The van der Waals surface area contributed by atoms with Crippen LogP contribution >= 0.6 is 12.2 Å². The Bertz CT molecular complexity index is 717. The molecular weight excluding hydrogens is 280 g/mol. The fourth-order valence-electron chi connectivity index (χ4n) is 3.19. The summed E-state index contributed by atoms with van der Waals surface area (Å²) in [5.74, 6) is 1.00. The first-order valence-electron chi connectivity index (χ1n) is 7.19. The number of anilines is 2. The summed E-state index contributed by atoms with van der Waals surface area (Å²) in [7, 11) is 1.95. The second-order valence-corrected chi connectivity index (χ2v) is 6.10. The molecule has 0 unspecified atom stereocenters. The SMILES string of the molecule is Cc1ccc2c(c1)CCCN2c1c(C(N)=S)c(C)nn1C. The van der Waals surface area contributed by atoms with Gasteiger partial charge >= 0.3 is 0 Å². The van der Waals surface area contributed by atoms with Gasteiger partial charge in [0.2, 0.25) is 0 Å². The van der Waals surface area contributed by atoms with E-state index in [1.54, 1.807) is 0 Å². The van der Waals surface area contributed by atoms with E-state index in [9.17, 15) is 0 Å². The molecule has 0 radical (unpaired) electrons. The summed E-state index contributed by atoms with van der Waals surface area (Å²) in [5, 5.41) is 4.51. The van der Waals surface area contributed by atoms with Gasteiger partial charge in [-0.15, -0.1) is 0 Å². The van der Waals surface area contributed by atoms with E-state index in [1.807, 2.05) is 18.7 Å². The monoisotopic (exact) mass is 300 g/mol. The Morgan fingerprint density at radius 1 is 1.33 bits per heavy atom. The van der Waals surface area contributed by atoms with Crippen molar-refractivity contribution in [3.05, 3.63) is 40.6 Å². The topological polar surface area (TPSA) is 47.1 Å². The van der Waals surface area contributed by atoms with Gasteiger partial charge in [0.25, 0.3) is 0 Å². The van der Waals surface area contributed by atoms with Crippen molar-refractivity contribution in [3.63, 3.8) is 0 Å². The molecule has 2 aromatic rings. The molecule has 1 aliphatic rings. The summed E-state index contributed by atoms with van der Waals surface area (Å²) >= 11 is 5.24. The van der Waals surface area contributed by atoms with E-state index in [4.69, 9.17) is 18.0 Å². The minimum atomic E-state index is 0.412. The highest BCUT2D eigenvalue weighted by Gasteiger charge is 2.26. The van der Waals surface area contributed by atoms with Crippen LogP contribution in [0, 0.1) is 13.8 Å². The molecule has 2 heterocycles. The number of thiocarbonyl (C=S) groups is 1. The molecule has 0 spiro atoms. The van der Waals surface area contributed by atoms with E-state index in [0.717, 1.165) is 36.5 Å². The van der Waals surface area contributed by atoms with Crippen LogP contribution in [0.25, 0.3) is 0 Å². The van der Waals surface area contributed by atoms with Gasteiger partial charge in [0.1, 0.15) is 10.8 Å². The molecule has 4 nitrogen and oxygen atoms in total. The smallest absolute Gasteiger partial charge is 0.141 e. The summed E-state index contributed by atoms with van der Waals surface area (Å²) in [5.41, 5.74) is 11.6. The molecule has 0 bridgehead atoms. The van der Waals surface area contributed by atoms with Gasteiger partial charge in [0.15, 0.2) is 0 Å². The fraction of sp³-hybridized carbons (Fsp3) is 0.375. The van der Waals surface area contributed by atoms with Crippen molar-refractivity contribution >= 4 is 28.7 Å². The van der Waals surface area contributed by atoms with Crippen LogP contribution in [0.3, 0.4) is 0 Å². The van der Waals surface area contributed by atoms with Crippen LogP contribution in [0.15, 0.2) is 18.2 Å². The van der Waals surface area contributed by atoms with Crippen molar-refractivity contribution in [2.24, 2.45) is 12.8 Å². The zero-order chi connectivity index (χ0) is 15.1. The van der Waals surface area contributed by atoms with Gasteiger partial charge in [-0.25, -0.2) is 0 Å². The van der Waals surface area contributed by atoms with Crippen molar-refractivity contribution in [1.29, 1.82) is 0 Å². The third-order valence-electron chi connectivity index (χ3n) is 4.05. The largest absolute Gasteiger partial charge is 0.389 e. The van der Waals surface area contributed by atoms with E-state index in [-0.39, 0.29) is 0 Å². The molecule has 0 saturated heterocycles. The van der Waals surface area contributed by atoms with E-state index < -0.39 is 0 Å². The molecule has 5 heteroatoms. The van der Waals surface area contributed by atoms with Crippen LogP contribution in [0.5, 0.6) is 0 Å². The minimum Gasteiger partial charge on any atom is -0.389 e. The van der Waals surface area contributed by atoms with Gasteiger partial charge in [-0.05, 0) is 38.3 Å². The van der Waals surface area contributed by atoms with Crippen molar-refractivity contribution in [1.82, 2.24) is 9.78 Å². The maximum absolute atomic E-state index is 5.93. The summed E-state index contributed by atoms with van der Waals surface area (Å²) in [6.07, 6.45) is 2.24. The predicted molar refractivity (Wildman–Crippen MR) is 90.3 cm³/mol. The second kappa shape index (κ2) is 5.15. The molecule has 0 fully saturated rings. The molecule has 0 amide bonds. The van der Waals surface area contributed by atoms with Gasteiger partial charge in [0.05, 0.1) is 11.3 Å². The number of nitrogens with zero attached hydrogens (tertiary/aromatic N) is 3. The van der Waals surface area contributed by atoms with Crippen LogP contribution in [0.2, 0.25) is 0 Å². The van der Waals surface area contributed by atoms with Crippen molar-refractivity contribution in [3.8, 4) is 0 Å². The van der Waals surface area contributed by atoms with Crippen LogP contribution in [-0.2, 0) is 13.5 Å². The Morgan fingerprint density at radius 3 is 2.81 bits per heavy atom. The second-order valence-electron chi connectivity index (χ2n) is 5.66. The van der Waals surface area contributed by atoms with Crippen LogP contribution in [0.4, 0.5) is 11.5 Å². The maximum atomic E-state index is 5.93. The average Bonchev–Trinajstić information content (AvgIpc) is 2.72. The third kappa shape index (κ3) is 2.31. The Hall–Kier alpha value is -1.88. The molecule has 3 rings (SSSR count). The van der Waals surface area contributed by atoms with Gasteiger partial charge in [-0.2, -0.15) is 5.10 Å². The quantitative estimate of drug-likeness (QED) is 0.866. The number of benzene rings is 1. The fourth-order valence-corrected chi connectivity index (χ4v) is 3.43. The zero-order valence-electron chi connectivity index (χ0n) is 12.7. The third-order valence-corrected chi connectivity index (χ3v) is 4.25. The summed E-state index contributed by atoms with van der Waals surface area (Å²) in [6, 6.07) is 6.61. The lowest BCUT2D eigenvalue weighted by Crippen LogP contribution is -2.28. The molecule has 0 atom stereocenters. The summed E-state index contributed by atoms with van der Waals surface area (Å²) in [4.78, 5) is 2.71. The Balaban J connectivity index is 2.18. The highest BCUT2D eigenvalue weighted by atomic mass is 32.1. The molecule has 1 aliphatic heterocycles. The zero-order valence-corrected chi connectivity index (χ0v) is 13.5. The number of rotatable bonds is 2. The number of nitrogens with two attached hydrogens (primary N) is 1. The first-order chi connectivity index (χ1) is 9.99. The lowest BCUT2D eigenvalue weighted by molar-refractivity contribution is 0.703. The molecule has 21 heavy (non-hydrogen) atoms. The lowest BCUT2D eigenvalue weighted by atomic mass is 9.99. The molecule has 2 N–H and O–H groups in total. The number of fused-ring (bicyclic) bond motifs is 1. The van der Waals surface area contributed by atoms with Crippen LogP contribution in [0.1, 0.15) is 28.8 Å². The van der Waals surface area contributed by atoms with Crippen molar-refractivity contribution in [2.45, 2.75) is 26.7 Å². The first-order valence-corrected chi connectivity index (χ1v) is 7.60. The Morgan fingerprint density at radius 2 is 2.10 bits per heavy atom. The van der Waals surface area contributed by atoms with Gasteiger partial charge in [-0.3, -0.25) is 4.68 Å². The van der Waals surface area contributed by atoms with Crippen LogP contribution < -0.4 is 10.6 Å². The van der Waals surface area contributed by atoms with Gasteiger partial charge in [0, 0.05) is 19.3 Å². The number of aryl methyl sites for hydroxylation is 4. The first kappa shape index (κ1) is 14.1. The molecule has 110 valence electrons. The lowest BCUT2D eigenvalue weighted by Gasteiger charge is -2.32.